The molecule has 20 heavy (non-hydrogen) atoms. The lowest BCUT2D eigenvalue weighted by atomic mass is 10.1. The fraction of sp³-hybridized carbons (Fsp3) is 0.353. The van der Waals surface area contributed by atoms with Gasteiger partial charge in [0.15, 0.2) is 0 Å². The molecule has 1 N–H and O–H groups in total. The number of rotatable bonds is 4. The molecule has 106 valence electrons. The van der Waals surface area contributed by atoms with Crippen molar-refractivity contribution in [3.63, 3.8) is 0 Å². The van der Waals surface area contributed by atoms with Crippen molar-refractivity contribution < 1.29 is 0 Å². The highest BCUT2D eigenvalue weighted by molar-refractivity contribution is 7.99. The lowest BCUT2D eigenvalue weighted by molar-refractivity contribution is 0.424. The highest BCUT2D eigenvalue weighted by Gasteiger charge is 2.08. The summed E-state index contributed by atoms with van der Waals surface area (Å²) in [4.78, 5) is 5.75. The molecule has 1 heterocycles. The van der Waals surface area contributed by atoms with Crippen molar-refractivity contribution in [3.8, 4) is 0 Å². The SMILES string of the molecule is Cc1ccc(Sc2ccc(CNC(C)(C)C)cn2)cc1. The zero-order valence-electron chi connectivity index (χ0n) is 12.6. The molecule has 0 bridgehead atoms. The van der Waals surface area contributed by atoms with Gasteiger partial charge in [0.25, 0.3) is 0 Å². The molecule has 0 aliphatic carbocycles. The minimum Gasteiger partial charge on any atom is -0.308 e. The number of pyridine rings is 1. The second kappa shape index (κ2) is 6.42. The van der Waals surface area contributed by atoms with Gasteiger partial charge in [-0.25, -0.2) is 4.98 Å². The van der Waals surface area contributed by atoms with Crippen molar-refractivity contribution in [2.24, 2.45) is 0 Å². The Morgan fingerprint density at radius 2 is 1.75 bits per heavy atom. The predicted molar refractivity (Wildman–Crippen MR) is 86.1 cm³/mol. The van der Waals surface area contributed by atoms with Crippen molar-refractivity contribution in [2.75, 3.05) is 0 Å². The summed E-state index contributed by atoms with van der Waals surface area (Å²) in [5.74, 6) is 0. The second-order valence-corrected chi connectivity index (χ2v) is 7.12. The monoisotopic (exact) mass is 286 g/mol. The van der Waals surface area contributed by atoms with Crippen LogP contribution in [-0.4, -0.2) is 10.5 Å². The number of nitrogens with one attached hydrogen (secondary N) is 1. The molecule has 0 aliphatic heterocycles. The van der Waals surface area contributed by atoms with Crippen molar-refractivity contribution in [3.05, 3.63) is 53.7 Å². The summed E-state index contributed by atoms with van der Waals surface area (Å²) < 4.78 is 0. The number of benzene rings is 1. The molecule has 0 fully saturated rings. The van der Waals surface area contributed by atoms with Crippen LogP contribution >= 0.6 is 11.8 Å². The zero-order chi connectivity index (χ0) is 14.6. The molecule has 1 aromatic carbocycles. The summed E-state index contributed by atoms with van der Waals surface area (Å²) in [6.45, 7) is 9.46. The summed E-state index contributed by atoms with van der Waals surface area (Å²) in [5.41, 5.74) is 2.63. The molecule has 3 heteroatoms. The van der Waals surface area contributed by atoms with Crippen LogP contribution < -0.4 is 5.32 Å². The lowest BCUT2D eigenvalue weighted by Gasteiger charge is -2.20. The van der Waals surface area contributed by atoms with Gasteiger partial charge in [-0.2, -0.15) is 0 Å². The van der Waals surface area contributed by atoms with Crippen molar-refractivity contribution in [1.29, 1.82) is 0 Å². The van der Waals surface area contributed by atoms with E-state index in [-0.39, 0.29) is 5.54 Å². The van der Waals surface area contributed by atoms with Crippen LogP contribution in [0.2, 0.25) is 0 Å². The predicted octanol–water partition coefficient (Wildman–Crippen LogP) is 4.43. The first-order valence-electron chi connectivity index (χ1n) is 6.87. The van der Waals surface area contributed by atoms with E-state index in [4.69, 9.17) is 0 Å². The Balaban J connectivity index is 1.96. The maximum Gasteiger partial charge on any atom is 0.101 e. The van der Waals surface area contributed by atoms with E-state index in [2.05, 4.69) is 74.4 Å². The van der Waals surface area contributed by atoms with Crippen LogP contribution in [0.25, 0.3) is 0 Å². The quantitative estimate of drug-likeness (QED) is 0.900. The Morgan fingerprint density at radius 1 is 1.05 bits per heavy atom. The molecule has 1 aromatic heterocycles. The Morgan fingerprint density at radius 3 is 2.30 bits per heavy atom. The average molecular weight is 286 g/mol. The molecule has 2 nitrogen and oxygen atoms in total. The topological polar surface area (TPSA) is 24.9 Å². The fourth-order valence-electron chi connectivity index (χ4n) is 1.67. The molecular formula is C17H22N2S. The Bertz CT molecular complexity index is 539. The Labute approximate surface area is 126 Å². The van der Waals surface area contributed by atoms with Crippen molar-refractivity contribution in [1.82, 2.24) is 10.3 Å². The average Bonchev–Trinajstić information content (AvgIpc) is 2.40. The van der Waals surface area contributed by atoms with E-state index in [1.807, 2.05) is 6.20 Å². The van der Waals surface area contributed by atoms with Crippen molar-refractivity contribution in [2.45, 2.75) is 49.7 Å². The third-order valence-corrected chi connectivity index (χ3v) is 3.82. The Kier molecular flexibility index (Phi) is 4.84. The van der Waals surface area contributed by atoms with Crippen LogP contribution in [0.1, 0.15) is 31.9 Å². The van der Waals surface area contributed by atoms with Crippen LogP contribution in [0.4, 0.5) is 0 Å². The van der Waals surface area contributed by atoms with Gasteiger partial charge in [-0.05, 0) is 51.5 Å². The number of hydrogen-bond acceptors (Lipinski definition) is 3. The zero-order valence-corrected chi connectivity index (χ0v) is 13.4. The molecule has 0 spiro atoms. The van der Waals surface area contributed by atoms with E-state index in [0.717, 1.165) is 11.6 Å². The first kappa shape index (κ1) is 15.1. The standard InChI is InChI=1S/C17H22N2S/c1-13-5-8-15(9-6-13)20-16-10-7-14(11-18-16)12-19-17(2,3)4/h5-11,19H,12H2,1-4H3. The van der Waals surface area contributed by atoms with Crippen LogP contribution in [0.5, 0.6) is 0 Å². The van der Waals surface area contributed by atoms with Gasteiger partial charge in [0.2, 0.25) is 0 Å². The van der Waals surface area contributed by atoms with Gasteiger partial charge in [-0.1, -0.05) is 35.5 Å². The second-order valence-electron chi connectivity index (χ2n) is 6.02. The van der Waals surface area contributed by atoms with E-state index in [1.54, 1.807) is 11.8 Å². The molecule has 0 saturated heterocycles. The van der Waals surface area contributed by atoms with E-state index in [0.29, 0.717) is 0 Å². The maximum atomic E-state index is 4.52. The highest BCUT2D eigenvalue weighted by atomic mass is 32.2. The lowest BCUT2D eigenvalue weighted by Crippen LogP contribution is -2.35. The third kappa shape index (κ3) is 4.99. The summed E-state index contributed by atoms with van der Waals surface area (Å²) in [6, 6.07) is 12.8. The van der Waals surface area contributed by atoms with Crippen LogP contribution in [0.15, 0.2) is 52.5 Å². The summed E-state index contributed by atoms with van der Waals surface area (Å²) in [6.07, 6.45) is 1.95. The normalized spacial score (nSPS) is 11.6. The molecule has 2 rings (SSSR count). The van der Waals surface area contributed by atoms with E-state index in [9.17, 15) is 0 Å². The minimum atomic E-state index is 0.134. The smallest absolute Gasteiger partial charge is 0.101 e. The summed E-state index contributed by atoms with van der Waals surface area (Å²) >= 11 is 1.70. The third-order valence-electron chi connectivity index (χ3n) is 2.86. The van der Waals surface area contributed by atoms with E-state index < -0.39 is 0 Å². The van der Waals surface area contributed by atoms with Gasteiger partial charge in [-0.3, -0.25) is 0 Å². The molecule has 0 radical (unpaired) electrons. The molecule has 0 atom stereocenters. The van der Waals surface area contributed by atoms with E-state index >= 15 is 0 Å². The first-order chi connectivity index (χ1) is 9.42. The van der Waals surface area contributed by atoms with Gasteiger partial charge < -0.3 is 5.32 Å². The molecule has 0 aliphatic rings. The van der Waals surface area contributed by atoms with Gasteiger partial charge in [0.05, 0.1) is 0 Å². The Hall–Kier alpha value is -1.32. The van der Waals surface area contributed by atoms with Gasteiger partial charge in [-0.15, -0.1) is 0 Å². The fourth-order valence-corrected chi connectivity index (χ4v) is 2.43. The summed E-state index contributed by atoms with van der Waals surface area (Å²) in [5, 5.41) is 4.50. The van der Waals surface area contributed by atoms with Gasteiger partial charge >= 0.3 is 0 Å². The van der Waals surface area contributed by atoms with Crippen LogP contribution in [0.3, 0.4) is 0 Å². The number of aromatic nitrogens is 1. The molecular weight excluding hydrogens is 264 g/mol. The molecule has 2 aromatic rings. The largest absolute Gasteiger partial charge is 0.308 e. The number of aryl methyl sites for hydroxylation is 1. The van der Waals surface area contributed by atoms with Crippen LogP contribution in [-0.2, 0) is 6.54 Å². The van der Waals surface area contributed by atoms with E-state index in [1.165, 1.54) is 16.0 Å². The molecule has 0 amide bonds. The first-order valence-corrected chi connectivity index (χ1v) is 7.68. The maximum absolute atomic E-state index is 4.52. The van der Waals surface area contributed by atoms with Gasteiger partial charge in [0.1, 0.15) is 5.03 Å². The van der Waals surface area contributed by atoms with Gasteiger partial charge in [0, 0.05) is 23.2 Å². The molecule has 0 saturated carbocycles. The molecule has 0 unspecified atom stereocenters. The highest BCUT2D eigenvalue weighted by Crippen LogP contribution is 2.26. The summed E-state index contributed by atoms with van der Waals surface area (Å²) in [7, 11) is 0. The number of hydrogen-bond donors (Lipinski definition) is 1. The van der Waals surface area contributed by atoms with Crippen LogP contribution in [0, 0.1) is 6.92 Å². The minimum absolute atomic E-state index is 0.134. The van der Waals surface area contributed by atoms with Crippen molar-refractivity contribution >= 4 is 11.8 Å². The number of nitrogens with zero attached hydrogens (tertiary/aromatic N) is 1.